The van der Waals surface area contributed by atoms with Crippen molar-refractivity contribution in [3.05, 3.63) is 35.9 Å². The number of hydrogen-bond acceptors (Lipinski definition) is 4. The van der Waals surface area contributed by atoms with E-state index in [0.29, 0.717) is 11.4 Å². The first-order valence-corrected chi connectivity index (χ1v) is 6.90. The Morgan fingerprint density at radius 3 is 2.84 bits per heavy atom. The van der Waals surface area contributed by atoms with E-state index >= 15 is 0 Å². The Morgan fingerprint density at radius 1 is 1.42 bits per heavy atom. The number of pyridine rings is 1. The van der Waals surface area contributed by atoms with Crippen LogP contribution in [0.25, 0.3) is 10.9 Å². The zero-order valence-electron chi connectivity index (χ0n) is 10.5. The molecule has 1 heterocycles. The minimum atomic E-state index is -0.975. The highest BCUT2D eigenvalue weighted by molar-refractivity contribution is 7.99. The molecule has 0 saturated carbocycles. The number of hydrogen-bond donors (Lipinski definition) is 2. The number of benzene rings is 1. The number of aliphatic hydroxyl groups excluding tert-OH is 1. The van der Waals surface area contributed by atoms with Gasteiger partial charge in [-0.1, -0.05) is 25.1 Å². The van der Waals surface area contributed by atoms with Crippen molar-refractivity contribution < 1.29 is 15.0 Å². The zero-order chi connectivity index (χ0) is 13.8. The molecule has 0 saturated heterocycles. The van der Waals surface area contributed by atoms with Crippen molar-refractivity contribution in [2.45, 2.75) is 23.6 Å². The van der Waals surface area contributed by atoms with Crippen molar-refractivity contribution in [1.29, 1.82) is 0 Å². The molecule has 100 valence electrons. The summed E-state index contributed by atoms with van der Waals surface area (Å²) in [6, 6.07) is 9.10. The summed E-state index contributed by atoms with van der Waals surface area (Å²) in [5.74, 6) is -0.975. The predicted octanol–water partition coefficient (Wildman–Crippen LogP) is 2.80. The lowest BCUT2D eigenvalue weighted by Gasteiger charge is -2.11. The van der Waals surface area contributed by atoms with Gasteiger partial charge in [-0.3, -0.25) is 0 Å². The van der Waals surface area contributed by atoms with Gasteiger partial charge in [0.25, 0.3) is 0 Å². The van der Waals surface area contributed by atoms with Gasteiger partial charge < -0.3 is 10.2 Å². The third kappa shape index (κ3) is 3.24. The fourth-order valence-corrected chi connectivity index (χ4v) is 2.80. The number of aromatic carboxylic acids is 1. The van der Waals surface area contributed by atoms with Gasteiger partial charge in [0.1, 0.15) is 5.03 Å². The number of para-hydroxylation sites is 1. The highest BCUT2D eigenvalue weighted by Crippen LogP contribution is 2.29. The van der Waals surface area contributed by atoms with Gasteiger partial charge in [-0.25, -0.2) is 9.78 Å². The lowest BCUT2D eigenvalue weighted by Crippen LogP contribution is -2.05. The topological polar surface area (TPSA) is 70.4 Å². The molecule has 1 unspecified atom stereocenters. The predicted molar refractivity (Wildman–Crippen MR) is 75.7 cm³/mol. The third-order valence-corrected chi connectivity index (χ3v) is 3.94. The Hall–Kier alpha value is -1.59. The van der Waals surface area contributed by atoms with E-state index < -0.39 is 5.97 Å². The smallest absolute Gasteiger partial charge is 0.338 e. The normalized spacial score (nSPS) is 12.5. The van der Waals surface area contributed by atoms with E-state index in [1.54, 1.807) is 6.07 Å². The quantitative estimate of drug-likeness (QED) is 0.822. The van der Waals surface area contributed by atoms with Crippen LogP contribution in [0.15, 0.2) is 35.4 Å². The Balaban J connectivity index is 2.44. The van der Waals surface area contributed by atoms with Gasteiger partial charge in [0.05, 0.1) is 11.1 Å². The number of aromatic nitrogens is 1. The number of rotatable bonds is 5. The van der Waals surface area contributed by atoms with E-state index in [1.165, 1.54) is 11.8 Å². The molecule has 19 heavy (non-hydrogen) atoms. The molecule has 0 fully saturated rings. The molecule has 4 nitrogen and oxygen atoms in total. The van der Waals surface area contributed by atoms with Crippen molar-refractivity contribution in [2.24, 2.45) is 0 Å². The van der Waals surface area contributed by atoms with Crippen LogP contribution in [0.5, 0.6) is 0 Å². The van der Waals surface area contributed by atoms with Crippen LogP contribution in [0.4, 0.5) is 0 Å². The first-order chi connectivity index (χ1) is 9.11. The molecule has 2 aromatic rings. The Bertz CT molecular complexity index is 600. The number of thioether (sulfide) groups is 1. The van der Waals surface area contributed by atoms with E-state index in [0.717, 1.165) is 10.9 Å². The van der Waals surface area contributed by atoms with Gasteiger partial charge in [0.15, 0.2) is 0 Å². The zero-order valence-corrected chi connectivity index (χ0v) is 11.4. The van der Waals surface area contributed by atoms with Crippen LogP contribution in [0, 0.1) is 0 Å². The molecule has 2 N–H and O–H groups in total. The van der Waals surface area contributed by atoms with Crippen molar-refractivity contribution in [1.82, 2.24) is 4.98 Å². The largest absolute Gasteiger partial charge is 0.478 e. The van der Waals surface area contributed by atoms with Crippen LogP contribution in [0.2, 0.25) is 0 Å². The molecular weight excluding hydrogens is 262 g/mol. The van der Waals surface area contributed by atoms with Crippen LogP contribution >= 0.6 is 11.8 Å². The average molecular weight is 277 g/mol. The molecule has 0 spiro atoms. The number of carboxylic acid groups (broad SMARTS) is 1. The van der Waals surface area contributed by atoms with E-state index in [1.807, 2.05) is 31.2 Å². The standard InChI is InChI=1S/C14H15NO3S/c1-9(6-7-16)19-13-11(14(17)18)8-10-4-2-3-5-12(10)15-13/h2-5,8-9,16H,6-7H2,1H3,(H,17,18). The van der Waals surface area contributed by atoms with Gasteiger partial charge in [-0.2, -0.15) is 0 Å². The maximum atomic E-state index is 11.3. The van der Waals surface area contributed by atoms with Gasteiger partial charge in [0.2, 0.25) is 0 Å². The maximum absolute atomic E-state index is 11.3. The lowest BCUT2D eigenvalue weighted by atomic mass is 10.1. The van der Waals surface area contributed by atoms with Crippen molar-refractivity contribution in [3.63, 3.8) is 0 Å². The molecule has 0 aliphatic heterocycles. The van der Waals surface area contributed by atoms with Crippen molar-refractivity contribution in [2.75, 3.05) is 6.61 Å². The molecule has 0 aliphatic rings. The fraction of sp³-hybridized carbons (Fsp3) is 0.286. The van der Waals surface area contributed by atoms with Gasteiger partial charge in [-0.05, 0) is 18.6 Å². The van der Waals surface area contributed by atoms with Crippen molar-refractivity contribution >= 4 is 28.6 Å². The Labute approximate surface area is 115 Å². The van der Waals surface area contributed by atoms with Gasteiger partial charge >= 0.3 is 5.97 Å². The Morgan fingerprint density at radius 2 is 2.16 bits per heavy atom. The van der Waals surface area contributed by atoms with E-state index in [9.17, 15) is 9.90 Å². The second-order valence-corrected chi connectivity index (χ2v) is 5.71. The number of carbonyl (C=O) groups is 1. The van der Waals surface area contributed by atoms with Gasteiger partial charge in [-0.15, -0.1) is 11.8 Å². The second-order valence-electron chi connectivity index (χ2n) is 4.28. The molecule has 1 aromatic heterocycles. The maximum Gasteiger partial charge on any atom is 0.338 e. The Kier molecular flexibility index (Phi) is 4.39. The van der Waals surface area contributed by atoms with Crippen LogP contribution < -0.4 is 0 Å². The molecule has 0 radical (unpaired) electrons. The van der Waals surface area contributed by atoms with E-state index in [-0.39, 0.29) is 17.4 Å². The number of fused-ring (bicyclic) bond motifs is 1. The summed E-state index contributed by atoms with van der Waals surface area (Å²) in [6.45, 7) is 2.04. The molecule has 2 rings (SSSR count). The molecule has 0 amide bonds. The number of aliphatic hydroxyl groups is 1. The fourth-order valence-electron chi connectivity index (χ4n) is 1.77. The first kappa shape index (κ1) is 13.8. The lowest BCUT2D eigenvalue weighted by molar-refractivity contribution is 0.0692. The summed E-state index contributed by atoms with van der Waals surface area (Å²) in [7, 11) is 0. The van der Waals surface area contributed by atoms with Gasteiger partial charge in [0, 0.05) is 17.2 Å². The summed E-state index contributed by atoms with van der Waals surface area (Å²) in [5, 5.41) is 19.6. The summed E-state index contributed by atoms with van der Waals surface area (Å²) in [5.41, 5.74) is 1.000. The van der Waals surface area contributed by atoms with Crippen LogP contribution in [-0.2, 0) is 0 Å². The minimum Gasteiger partial charge on any atom is -0.478 e. The molecule has 5 heteroatoms. The molecule has 1 aromatic carbocycles. The highest BCUT2D eigenvalue weighted by atomic mass is 32.2. The molecule has 1 atom stereocenters. The van der Waals surface area contributed by atoms with E-state index in [2.05, 4.69) is 4.98 Å². The SMILES string of the molecule is CC(CCO)Sc1nc2ccccc2cc1C(=O)O. The minimum absolute atomic E-state index is 0.0875. The first-order valence-electron chi connectivity index (χ1n) is 6.02. The molecule has 0 bridgehead atoms. The van der Waals surface area contributed by atoms with E-state index in [4.69, 9.17) is 5.11 Å². The van der Waals surface area contributed by atoms with Crippen LogP contribution in [0.3, 0.4) is 0 Å². The number of nitrogens with zero attached hydrogens (tertiary/aromatic N) is 1. The third-order valence-electron chi connectivity index (χ3n) is 2.77. The van der Waals surface area contributed by atoms with Crippen LogP contribution in [0.1, 0.15) is 23.7 Å². The summed E-state index contributed by atoms with van der Waals surface area (Å²) < 4.78 is 0. The molecule has 0 aliphatic carbocycles. The monoisotopic (exact) mass is 277 g/mol. The number of carboxylic acids is 1. The highest BCUT2D eigenvalue weighted by Gasteiger charge is 2.16. The summed E-state index contributed by atoms with van der Waals surface area (Å²) >= 11 is 1.39. The summed E-state index contributed by atoms with van der Waals surface area (Å²) in [6.07, 6.45) is 0.609. The average Bonchev–Trinajstić information content (AvgIpc) is 2.38. The van der Waals surface area contributed by atoms with Crippen LogP contribution in [-0.4, -0.2) is 33.0 Å². The summed E-state index contributed by atoms with van der Waals surface area (Å²) in [4.78, 5) is 15.7. The van der Waals surface area contributed by atoms with Crippen molar-refractivity contribution in [3.8, 4) is 0 Å². The second kappa shape index (κ2) is 6.04. The molecular formula is C14H15NO3S.